The van der Waals surface area contributed by atoms with E-state index in [1.807, 2.05) is 32.0 Å². The zero-order chi connectivity index (χ0) is 13.8. The second-order valence-electron chi connectivity index (χ2n) is 4.99. The Morgan fingerprint density at radius 3 is 3.00 bits per heavy atom. The summed E-state index contributed by atoms with van der Waals surface area (Å²) in [5, 5.41) is 9.41. The molecule has 5 heteroatoms. The van der Waals surface area contributed by atoms with Crippen molar-refractivity contribution in [2.24, 2.45) is 0 Å². The average Bonchev–Trinajstić information content (AvgIpc) is 2.41. The number of hydrogen-bond acceptors (Lipinski definition) is 5. The standard InChI is InChI=1S/C14H22N2O3/c1-10(2)19-14-7-11(3-4-13(14)15)16-5-6-18-9-12(16)8-17/h3-4,7,10,12,17H,5-6,8-9,15H2,1-2H3. The minimum Gasteiger partial charge on any atom is -0.489 e. The van der Waals surface area contributed by atoms with Gasteiger partial charge in [-0.3, -0.25) is 0 Å². The first-order chi connectivity index (χ1) is 9.11. The van der Waals surface area contributed by atoms with E-state index >= 15 is 0 Å². The number of anilines is 2. The predicted molar refractivity (Wildman–Crippen MR) is 75.7 cm³/mol. The summed E-state index contributed by atoms with van der Waals surface area (Å²) in [6.07, 6.45) is 0.0795. The van der Waals surface area contributed by atoms with Crippen LogP contribution >= 0.6 is 0 Å². The van der Waals surface area contributed by atoms with Crippen molar-refractivity contribution in [3.05, 3.63) is 18.2 Å². The number of nitrogens with two attached hydrogens (primary N) is 1. The molecule has 0 saturated carbocycles. The molecule has 1 atom stereocenters. The van der Waals surface area contributed by atoms with Gasteiger partial charge in [-0.25, -0.2) is 0 Å². The Morgan fingerprint density at radius 1 is 1.53 bits per heavy atom. The number of rotatable bonds is 4. The van der Waals surface area contributed by atoms with Crippen molar-refractivity contribution in [2.75, 3.05) is 37.0 Å². The lowest BCUT2D eigenvalue weighted by Crippen LogP contribution is -2.47. The minimum absolute atomic E-state index is 0.00993. The van der Waals surface area contributed by atoms with Crippen LogP contribution in [0.2, 0.25) is 0 Å². The SMILES string of the molecule is CC(C)Oc1cc(N2CCOCC2CO)ccc1N. The summed E-state index contributed by atoms with van der Waals surface area (Å²) in [7, 11) is 0. The molecule has 2 rings (SSSR count). The van der Waals surface area contributed by atoms with Crippen LogP contribution in [0.25, 0.3) is 0 Å². The van der Waals surface area contributed by atoms with Gasteiger partial charge in [0.2, 0.25) is 0 Å². The Bertz CT molecular complexity index is 423. The predicted octanol–water partition coefficient (Wildman–Crippen LogP) is 1.25. The Balaban J connectivity index is 2.23. The van der Waals surface area contributed by atoms with Crippen molar-refractivity contribution < 1.29 is 14.6 Å². The number of benzene rings is 1. The number of ether oxygens (including phenoxy) is 2. The minimum atomic E-state index is -0.00993. The van der Waals surface area contributed by atoms with Gasteiger partial charge in [-0.05, 0) is 26.0 Å². The van der Waals surface area contributed by atoms with Gasteiger partial charge in [-0.15, -0.1) is 0 Å². The van der Waals surface area contributed by atoms with Gasteiger partial charge in [0.25, 0.3) is 0 Å². The fourth-order valence-corrected chi connectivity index (χ4v) is 2.20. The van der Waals surface area contributed by atoms with Gasteiger partial charge in [0.15, 0.2) is 0 Å². The van der Waals surface area contributed by atoms with E-state index in [4.69, 9.17) is 15.2 Å². The first-order valence-corrected chi connectivity index (χ1v) is 6.63. The molecule has 1 aromatic rings. The lowest BCUT2D eigenvalue weighted by atomic mass is 10.1. The van der Waals surface area contributed by atoms with Gasteiger partial charge in [-0.2, -0.15) is 0 Å². The molecule has 1 heterocycles. The van der Waals surface area contributed by atoms with Gasteiger partial charge in [0.1, 0.15) is 5.75 Å². The summed E-state index contributed by atoms with van der Waals surface area (Å²) in [6.45, 7) is 5.98. The summed E-state index contributed by atoms with van der Waals surface area (Å²) in [5.41, 5.74) is 7.55. The molecule has 1 fully saturated rings. The van der Waals surface area contributed by atoms with Crippen LogP contribution in [0, 0.1) is 0 Å². The van der Waals surface area contributed by atoms with Crippen molar-refractivity contribution in [3.63, 3.8) is 0 Å². The number of aliphatic hydroxyl groups is 1. The Hall–Kier alpha value is -1.46. The normalized spacial score (nSPS) is 19.8. The molecule has 1 aromatic carbocycles. The van der Waals surface area contributed by atoms with Gasteiger partial charge in [0.05, 0.1) is 37.7 Å². The average molecular weight is 266 g/mol. The topological polar surface area (TPSA) is 68.0 Å². The molecule has 0 spiro atoms. The van der Waals surface area contributed by atoms with Crippen LogP contribution in [-0.4, -0.2) is 43.6 Å². The van der Waals surface area contributed by atoms with Crippen LogP contribution in [0.3, 0.4) is 0 Å². The van der Waals surface area contributed by atoms with E-state index in [2.05, 4.69) is 4.90 Å². The van der Waals surface area contributed by atoms with Gasteiger partial charge >= 0.3 is 0 Å². The maximum absolute atomic E-state index is 9.41. The molecule has 0 amide bonds. The van der Waals surface area contributed by atoms with Crippen molar-refractivity contribution >= 4 is 11.4 Å². The van der Waals surface area contributed by atoms with Crippen molar-refractivity contribution in [1.82, 2.24) is 0 Å². The van der Waals surface area contributed by atoms with E-state index in [1.165, 1.54) is 0 Å². The molecule has 19 heavy (non-hydrogen) atoms. The second-order valence-corrected chi connectivity index (χ2v) is 4.99. The summed E-state index contributed by atoms with van der Waals surface area (Å²) < 4.78 is 11.1. The van der Waals surface area contributed by atoms with Crippen LogP contribution in [0.5, 0.6) is 5.75 Å². The van der Waals surface area contributed by atoms with Crippen LogP contribution in [-0.2, 0) is 4.74 Å². The number of aliphatic hydroxyl groups excluding tert-OH is 1. The van der Waals surface area contributed by atoms with Crippen LogP contribution in [0.1, 0.15) is 13.8 Å². The molecule has 0 bridgehead atoms. The monoisotopic (exact) mass is 266 g/mol. The quantitative estimate of drug-likeness (QED) is 0.803. The number of nitrogens with zero attached hydrogens (tertiary/aromatic N) is 1. The highest BCUT2D eigenvalue weighted by molar-refractivity contribution is 5.63. The largest absolute Gasteiger partial charge is 0.489 e. The molecular formula is C14H22N2O3. The second kappa shape index (κ2) is 6.12. The summed E-state index contributed by atoms with van der Waals surface area (Å²) in [5.74, 6) is 0.690. The number of nitrogen functional groups attached to an aromatic ring is 1. The molecule has 0 aromatic heterocycles. The number of morpholine rings is 1. The lowest BCUT2D eigenvalue weighted by molar-refractivity contribution is 0.0727. The van der Waals surface area contributed by atoms with Crippen LogP contribution < -0.4 is 15.4 Å². The molecule has 1 aliphatic rings. The molecule has 0 aliphatic carbocycles. The van der Waals surface area contributed by atoms with Crippen LogP contribution in [0.4, 0.5) is 11.4 Å². The number of hydrogen-bond donors (Lipinski definition) is 2. The maximum atomic E-state index is 9.41. The highest BCUT2D eigenvalue weighted by atomic mass is 16.5. The highest BCUT2D eigenvalue weighted by Crippen LogP contribution is 2.30. The fraction of sp³-hybridized carbons (Fsp3) is 0.571. The molecule has 0 radical (unpaired) electrons. The summed E-state index contributed by atoms with van der Waals surface area (Å²) in [4.78, 5) is 2.14. The Kier molecular flexibility index (Phi) is 4.50. The van der Waals surface area contributed by atoms with Crippen LogP contribution in [0.15, 0.2) is 18.2 Å². The molecular weight excluding hydrogens is 244 g/mol. The zero-order valence-corrected chi connectivity index (χ0v) is 11.5. The molecule has 1 unspecified atom stereocenters. The van der Waals surface area contributed by atoms with Gasteiger partial charge in [-0.1, -0.05) is 0 Å². The van der Waals surface area contributed by atoms with E-state index in [1.54, 1.807) is 0 Å². The lowest BCUT2D eigenvalue weighted by Gasteiger charge is -2.36. The summed E-state index contributed by atoms with van der Waals surface area (Å²) >= 11 is 0. The van der Waals surface area contributed by atoms with E-state index in [-0.39, 0.29) is 18.8 Å². The van der Waals surface area contributed by atoms with E-state index in [0.717, 1.165) is 12.2 Å². The molecule has 5 nitrogen and oxygen atoms in total. The first kappa shape index (κ1) is 14.0. The highest BCUT2D eigenvalue weighted by Gasteiger charge is 2.23. The zero-order valence-electron chi connectivity index (χ0n) is 11.5. The third kappa shape index (κ3) is 3.30. The van der Waals surface area contributed by atoms with E-state index in [9.17, 15) is 5.11 Å². The molecule has 3 N–H and O–H groups in total. The Morgan fingerprint density at radius 2 is 2.32 bits per heavy atom. The molecule has 1 saturated heterocycles. The van der Waals surface area contributed by atoms with E-state index in [0.29, 0.717) is 24.7 Å². The molecule has 106 valence electrons. The van der Waals surface area contributed by atoms with Gasteiger partial charge < -0.3 is 25.2 Å². The Labute approximate surface area is 113 Å². The summed E-state index contributed by atoms with van der Waals surface area (Å²) in [6, 6.07) is 5.72. The molecule has 1 aliphatic heterocycles. The third-order valence-corrected chi connectivity index (χ3v) is 3.13. The van der Waals surface area contributed by atoms with Crippen molar-refractivity contribution in [1.29, 1.82) is 0 Å². The van der Waals surface area contributed by atoms with E-state index < -0.39 is 0 Å². The van der Waals surface area contributed by atoms with Gasteiger partial charge in [0, 0.05) is 18.3 Å². The maximum Gasteiger partial charge on any atom is 0.144 e. The third-order valence-electron chi connectivity index (χ3n) is 3.13. The van der Waals surface area contributed by atoms with Crippen molar-refractivity contribution in [3.8, 4) is 5.75 Å². The fourth-order valence-electron chi connectivity index (χ4n) is 2.20. The van der Waals surface area contributed by atoms with Crippen molar-refractivity contribution in [2.45, 2.75) is 26.0 Å². The smallest absolute Gasteiger partial charge is 0.144 e. The first-order valence-electron chi connectivity index (χ1n) is 6.63.